The normalized spacial score (nSPS) is 17.1. The Bertz CT molecular complexity index is 169. The van der Waals surface area contributed by atoms with Gasteiger partial charge in [-0.3, -0.25) is 4.79 Å². The van der Waals surface area contributed by atoms with Gasteiger partial charge in [0.15, 0.2) is 0 Å². The lowest BCUT2D eigenvalue weighted by molar-refractivity contribution is -0.149. The Kier molecular flexibility index (Phi) is 3.27. The van der Waals surface area contributed by atoms with Gasteiger partial charge in [-0.1, -0.05) is 27.7 Å². The van der Waals surface area contributed by atoms with Crippen LogP contribution >= 0.6 is 0 Å². The zero-order chi connectivity index (χ0) is 9.99. The van der Waals surface area contributed by atoms with Crippen LogP contribution in [0.15, 0.2) is 0 Å². The number of hydrogen-bond acceptors (Lipinski definition) is 2. The molecule has 0 aliphatic carbocycles. The molecule has 3 heteroatoms. The van der Waals surface area contributed by atoms with Crippen molar-refractivity contribution in [2.75, 3.05) is 0 Å². The number of rotatable bonds is 3. The molecule has 3 nitrogen and oxygen atoms in total. The molecular formula is C9H18O3. The van der Waals surface area contributed by atoms with Gasteiger partial charge in [0.05, 0.1) is 12.0 Å². The zero-order valence-electron chi connectivity index (χ0n) is 8.22. The molecule has 0 aromatic carbocycles. The van der Waals surface area contributed by atoms with E-state index >= 15 is 0 Å². The number of carboxylic acids is 1. The molecule has 0 aliphatic rings. The van der Waals surface area contributed by atoms with Crippen LogP contribution in [0.25, 0.3) is 0 Å². The fourth-order valence-electron chi connectivity index (χ4n) is 1.17. The monoisotopic (exact) mass is 174 g/mol. The zero-order valence-corrected chi connectivity index (χ0v) is 8.22. The van der Waals surface area contributed by atoms with Gasteiger partial charge < -0.3 is 10.2 Å². The fraction of sp³-hybridized carbons (Fsp3) is 0.889. The van der Waals surface area contributed by atoms with Crippen molar-refractivity contribution in [3.63, 3.8) is 0 Å². The summed E-state index contributed by atoms with van der Waals surface area (Å²) in [5, 5.41) is 18.5. The molecule has 72 valence electrons. The van der Waals surface area contributed by atoms with Crippen molar-refractivity contribution >= 4 is 5.97 Å². The van der Waals surface area contributed by atoms with Gasteiger partial charge in [-0.05, 0) is 11.8 Å². The second-order valence-electron chi connectivity index (χ2n) is 4.21. The summed E-state index contributed by atoms with van der Waals surface area (Å²) in [6.45, 7) is 7.34. The van der Waals surface area contributed by atoms with E-state index in [0.717, 1.165) is 0 Å². The number of aliphatic hydroxyl groups is 1. The van der Waals surface area contributed by atoms with Crippen LogP contribution < -0.4 is 0 Å². The highest BCUT2D eigenvalue weighted by molar-refractivity contribution is 5.68. The third-order valence-electron chi connectivity index (χ3n) is 2.42. The number of aliphatic carboxylic acids is 1. The summed E-state index contributed by atoms with van der Waals surface area (Å²) in [7, 11) is 0. The van der Waals surface area contributed by atoms with Gasteiger partial charge in [0, 0.05) is 0 Å². The minimum absolute atomic E-state index is 0.188. The fourth-order valence-corrected chi connectivity index (χ4v) is 1.17. The van der Waals surface area contributed by atoms with Crippen molar-refractivity contribution in [1.29, 1.82) is 0 Å². The molecule has 0 saturated heterocycles. The Morgan fingerprint density at radius 2 is 1.75 bits per heavy atom. The van der Waals surface area contributed by atoms with Gasteiger partial charge >= 0.3 is 5.97 Å². The summed E-state index contributed by atoms with van der Waals surface area (Å²) in [4.78, 5) is 10.5. The lowest BCUT2D eigenvalue weighted by atomic mass is 9.73. The highest BCUT2D eigenvalue weighted by Crippen LogP contribution is 2.35. The smallest absolute Gasteiger partial charge is 0.306 e. The average molecular weight is 174 g/mol. The maximum atomic E-state index is 10.5. The van der Waals surface area contributed by atoms with E-state index in [1.165, 1.54) is 0 Å². The molecule has 0 heterocycles. The van der Waals surface area contributed by atoms with E-state index < -0.39 is 11.6 Å². The van der Waals surface area contributed by atoms with Gasteiger partial charge in [-0.15, -0.1) is 0 Å². The summed E-state index contributed by atoms with van der Waals surface area (Å²) in [5.41, 5.74) is -1.49. The minimum Gasteiger partial charge on any atom is -0.481 e. The summed E-state index contributed by atoms with van der Waals surface area (Å²) >= 11 is 0. The molecule has 0 spiro atoms. The topological polar surface area (TPSA) is 57.5 Å². The van der Waals surface area contributed by atoms with Crippen LogP contribution in [-0.4, -0.2) is 21.8 Å². The third kappa shape index (κ3) is 2.48. The van der Waals surface area contributed by atoms with Gasteiger partial charge in [0.25, 0.3) is 0 Å². The van der Waals surface area contributed by atoms with Crippen LogP contribution in [0.5, 0.6) is 0 Å². The number of hydrogen-bond donors (Lipinski definition) is 2. The summed E-state index contributed by atoms with van der Waals surface area (Å²) in [6.07, 6.45) is 0.274. The van der Waals surface area contributed by atoms with Crippen LogP contribution in [0.2, 0.25) is 0 Å². The van der Waals surface area contributed by atoms with E-state index in [0.29, 0.717) is 6.42 Å². The van der Waals surface area contributed by atoms with Crippen molar-refractivity contribution in [3.8, 4) is 0 Å². The maximum Gasteiger partial charge on any atom is 0.306 e. The van der Waals surface area contributed by atoms with Crippen molar-refractivity contribution < 1.29 is 15.0 Å². The molecule has 0 radical (unpaired) electrons. The molecular weight excluding hydrogens is 156 g/mol. The molecule has 0 rings (SSSR count). The van der Waals surface area contributed by atoms with Crippen molar-refractivity contribution in [3.05, 3.63) is 0 Å². The predicted molar refractivity (Wildman–Crippen MR) is 46.9 cm³/mol. The van der Waals surface area contributed by atoms with E-state index in [-0.39, 0.29) is 11.8 Å². The first-order chi connectivity index (χ1) is 5.23. The van der Waals surface area contributed by atoms with E-state index in [2.05, 4.69) is 0 Å². The summed E-state index contributed by atoms with van der Waals surface area (Å²) < 4.78 is 0. The van der Waals surface area contributed by atoms with Crippen LogP contribution in [0, 0.1) is 5.41 Å². The van der Waals surface area contributed by atoms with E-state index in [1.54, 1.807) is 6.92 Å². The first-order valence-corrected chi connectivity index (χ1v) is 4.17. The Hall–Kier alpha value is -0.570. The largest absolute Gasteiger partial charge is 0.481 e. The van der Waals surface area contributed by atoms with Gasteiger partial charge in [0.2, 0.25) is 0 Å². The molecule has 2 N–H and O–H groups in total. The predicted octanol–water partition coefficient (Wildman–Crippen LogP) is 1.65. The van der Waals surface area contributed by atoms with Gasteiger partial charge in [-0.2, -0.15) is 0 Å². The molecule has 0 fully saturated rings. The molecule has 0 aliphatic heterocycles. The molecule has 0 amide bonds. The molecule has 1 atom stereocenters. The quantitative estimate of drug-likeness (QED) is 0.684. The highest BCUT2D eigenvalue weighted by Gasteiger charge is 2.40. The molecule has 0 aromatic heterocycles. The summed E-state index contributed by atoms with van der Waals surface area (Å²) in [6, 6.07) is 0. The summed E-state index contributed by atoms with van der Waals surface area (Å²) in [5.74, 6) is -0.950. The molecule has 0 saturated carbocycles. The van der Waals surface area contributed by atoms with Crippen molar-refractivity contribution in [2.45, 2.75) is 46.1 Å². The first-order valence-electron chi connectivity index (χ1n) is 4.17. The SMILES string of the molecule is CCC(O)(CC(=O)O)C(C)(C)C. The second kappa shape index (κ2) is 3.44. The van der Waals surface area contributed by atoms with Gasteiger partial charge in [0.1, 0.15) is 0 Å². The van der Waals surface area contributed by atoms with Crippen LogP contribution in [0.1, 0.15) is 40.5 Å². The van der Waals surface area contributed by atoms with Crippen LogP contribution in [-0.2, 0) is 4.79 Å². The third-order valence-corrected chi connectivity index (χ3v) is 2.42. The maximum absolute atomic E-state index is 10.5. The minimum atomic E-state index is -1.10. The Balaban J connectivity index is 4.56. The second-order valence-corrected chi connectivity index (χ2v) is 4.21. The lowest BCUT2D eigenvalue weighted by Gasteiger charge is -2.38. The van der Waals surface area contributed by atoms with E-state index in [4.69, 9.17) is 5.11 Å². The van der Waals surface area contributed by atoms with E-state index in [9.17, 15) is 9.90 Å². The molecule has 12 heavy (non-hydrogen) atoms. The Labute approximate surface area is 73.4 Å². The molecule has 0 bridgehead atoms. The Morgan fingerprint density at radius 3 is 1.83 bits per heavy atom. The average Bonchev–Trinajstić information content (AvgIpc) is 1.83. The Morgan fingerprint density at radius 1 is 1.33 bits per heavy atom. The first kappa shape index (κ1) is 11.4. The standard InChI is InChI=1S/C9H18O3/c1-5-9(12,6-7(10)11)8(2,3)4/h12H,5-6H2,1-4H3,(H,10,11). The molecule has 1 unspecified atom stereocenters. The lowest BCUT2D eigenvalue weighted by Crippen LogP contribution is -2.44. The highest BCUT2D eigenvalue weighted by atomic mass is 16.4. The van der Waals surface area contributed by atoms with Crippen molar-refractivity contribution in [1.82, 2.24) is 0 Å². The van der Waals surface area contributed by atoms with Crippen LogP contribution in [0.4, 0.5) is 0 Å². The van der Waals surface area contributed by atoms with Gasteiger partial charge in [-0.25, -0.2) is 0 Å². The van der Waals surface area contributed by atoms with E-state index in [1.807, 2.05) is 20.8 Å². The number of carboxylic acid groups (broad SMARTS) is 1. The van der Waals surface area contributed by atoms with Crippen LogP contribution in [0.3, 0.4) is 0 Å². The number of carbonyl (C=O) groups is 1. The van der Waals surface area contributed by atoms with Crippen molar-refractivity contribution in [2.24, 2.45) is 5.41 Å². The molecule has 0 aromatic rings.